The molecule has 5 heteroatoms. The minimum atomic E-state index is -0.220. The van der Waals surface area contributed by atoms with Gasteiger partial charge in [0.15, 0.2) is 0 Å². The van der Waals surface area contributed by atoms with Crippen LogP contribution in [0.3, 0.4) is 0 Å². The second-order valence-corrected chi connectivity index (χ2v) is 4.81. The standard InChI is InChI=1S/C13H24N4O/c1-9(15-8-6-5-7-12(14)18)13-10(2)16-17(4)11(13)3/h9,15H,5-8H2,1-4H3,(H2,14,18). The highest BCUT2D eigenvalue weighted by Gasteiger charge is 2.15. The number of hydrogen-bond acceptors (Lipinski definition) is 3. The molecule has 1 unspecified atom stereocenters. The number of primary amides is 1. The predicted octanol–water partition coefficient (Wildman–Crippen LogP) is 1.34. The zero-order valence-corrected chi connectivity index (χ0v) is 11.8. The minimum Gasteiger partial charge on any atom is -0.370 e. The monoisotopic (exact) mass is 252 g/mol. The molecular formula is C13H24N4O. The normalized spacial score (nSPS) is 12.7. The Balaban J connectivity index is 2.41. The van der Waals surface area contributed by atoms with E-state index in [9.17, 15) is 4.79 Å². The summed E-state index contributed by atoms with van der Waals surface area (Å²) in [5.74, 6) is -0.220. The number of amides is 1. The van der Waals surface area contributed by atoms with E-state index in [0.717, 1.165) is 25.1 Å². The van der Waals surface area contributed by atoms with Gasteiger partial charge in [-0.1, -0.05) is 0 Å². The van der Waals surface area contributed by atoms with Crippen molar-refractivity contribution in [1.29, 1.82) is 0 Å². The molecule has 18 heavy (non-hydrogen) atoms. The summed E-state index contributed by atoms with van der Waals surface area (Å²) >= 11 is 0. The Morgan fingerprint density at radius 3 is 2.61 bits per heavy atom. The van der Waals surface area contributed by atoms with Gasteiger partial charge in [0.2, 0.25) is 5.91 Å². The predicted molar refractivity (Wildman–Crippen MR) is 72.1 cm³/mol. The molecule has 0 radical (unpaired) electrons. The van der Waals surface area contributed by atoms with Gasteiger partial charge in [-0.2, -0.15) is 5.10 Å². The maximum Gasteiger partial charge on any atom is 0.217 e. The Hall–Kier alpha value is -1.36. The lowest BCUT2D eigenvalue weighted by atomic mass is 10.1. The molecule has 0 saturated carbocycles. The third-order valence-corrected chi connectivity index (χ3v) is 3.30. The van der Waals surface area contributed by atoms with Crippen molar-refractivity contribution in [2.45, 2.75) is 46.1 Å². The van der Waals surface area contributed by atoms with Gasteiger partial charge in [-0.3, -0.25) is 9.48 Å². The maximum absolute atomic E-state index is 10.6. The molecule has 0 aliphatic heterocycles. The molecule has 1 aromatic heterocycles. The molecule has 0 saturated heterocycles. The topological polar surface area (TPSA) is 72.9 Å². The zero-order chi connectivity index (χ0) is 13.7. The van der Waals surface area contributed by atoms with Crippen molar-refractivity contribution in [2.75, 3.05) is 6.54 Å². The number of nitrogens with one attached hydrogen (secondary N) is 1. The summed E-state index contributed by atoms with van der Waals surface area (Å²) < 4.78 is 1.91. The fraction of sp³-hybridized carbons (Fsp3) is 0.692. The highest BCUT2D eigenvalue weighted by atomic mass is 16.1. The van der Waals surface area contributed by atoms with Crippen LogP contribution in [0.25, 0.3) is 0 Å². The number of aromatic nitrogens is 2. The van der Waals surface area contributed by atoms with Gasteiger partial charge < -0.3 is 11.1 Å². The Bertz CT molecular complexity index is 411. The highest BCUT2D eigenvalue weighted by molar-refractivity contribution is 5.73. The van der Waals surface area contributed by atoms with Gasteiger partial charge >= 0.3 is 0 Å². The van der Waals surface area contributed by atoms with Gasteiger partial charge in [-0.15, -0.1) is 0 Å². The van der Waals surface area contributed by atoms with Crippen LogP contribution in [0.5, 0.6) is 0 Å². The molecule has 0 fully saturated rings. The lowest BCUT2D eigenvalue weighted by Crippen LogP contribution is -2.21. The fourth-order valence-electron chi connectivity index (χ4n) is 2.26. The lowest BCUT2D eigenvalue weighted by molar-refractivity contribution is -0.118. The lowest BCUT2D eigenvalue weighted by Gasteiger charge is -2.14. The summed E-state index contributed by atoms with van der Waals surface area (Å²) in [6.45, 7) is 7.15. The highest BCUT2D eigenvalue weighted by Crippen LogP contribution is 2.20. The third kappa shape index (κ3) is 3.84. The molecule has 1 rings (SSSR count). The van der Waals surface area contributed by atoms with E-state index in [1.165, 1.54) is 11.3 Å². The van der Waals surface area contributed by atoms with Crippen LogP contribution in [0.1, 0.15) is 49.2 Å². The second-order valence-electron chi connectivity index (χ2n) is 4.81. The summed E-state index contributed by atoms with van der Waals surface area (Å²) in [6, 6.07) is 0.285. The van der Waals surface area contributed by atoms with E-state index in [0.29, 0.717) is 6.42 Å². The van der Waals surface area contributed by atoms with E-state index in [1.807, 2.05) is 18.7 Å². The van der Waals surface area contributed by atoms with E-state index in [4.69, 9.17) is 5.73 Å². The summed E-state index contributed by atoms with van der Waals surface area (Å²) in [7, 11) is 1.96. The molecule has 0 aromatic carbocycles. The number of hydrogen-bond donors (Lipinski definition) is 2. The summed E-state index contributed by atoms with van der Waals surface area (Å²) in [5.41, 5.74) is 8.64. The molecule has 3 N–H and O–H groups in total. The third-order valence-electron chi connectivity index (χ3n) is 3.30. The number of carbonyl (C=O) groups excluding carboxylic acids is 1. The van der Waals surface area contributed by atoms with Gasteiger partial charge in [0.05, 0.1) is 5.69 Å². The molecule has 1 atom stereocenters. The number of nitrogens with zero attached hydrogens (tertiary/aromatic N) is 2. The molecule has 1 heterocycles. The van der Waals surface area contributed by atoms with Gasteiger partial charge in [-0.25, -0.2) is 0 Å². The minimum absolute atomic E-state index is 0.220. The SMILES string of the molecule is Cc1nn(C)c(C)c1C(C)NCCCCC(N)=O. The summed E-state index contributed by atoms with van der Waals surface area (Å²) in [6.07, 6.45) is 2.28. The number of nitrogens with two attached hydrogens (primary N) is 1. The Kier molecular flexibility index (Phi) is 5.34. The Morgan fingerprint density at radius 2 is 2.11 bits per heavy atom. The van der Waals surface area contributed by atoms with E-state index in [1.54, 1.807) is 0 Å². The largest absolute Gasteiger partial charge is 0.370 e. The van der Waals surface area contributed by atoms with Crippen LogP contribution in [0, 0.1) is 13.8 Å². The van der Waals surface area contributed by atoms with Crippen molar-refractivity contribution >= 4 is 5.91 Å². The molecule has 5 nitrogen and oxygen atoms in total. The molecule has 1 amide bonds. The smallest absolute Gasteiger partial charge is 0.217 e. The van der Waals surface area contributed by atoms with Gasteiger partial charge in [-0.05, 0) is 40.2 Å². The number of carbonyl (C=O) groups is 1. The molecule has 0 aliphatic rings. The van der Waals surface area contributed by atoms with Crippen molar-refractivity contribution in [3.05, 3.63) is 17.0 Å². The van der Waals surface area contributed by atoms with Crippen LogP contribution in [-0.4, -0.2) is 22.2 Å². The van der Waals surface area contributed by atoms with Crippen LogP contribution in [-0.2, 0) is 11.8 Å². The van der Waals surface area contributed by atoms with Crippen LogP contribution in [0.15, 0.2) is 0 Å². The number of unbranched alkanes of at least 4 members (excludes halogenated alkanes) is 1. The van der Waals surface area contributed by atoms with Crippen molar-refractivity contribution in [1.82, 2.24) is 15.1 Å². The van der Waals surface area contributed by atoms with E-state index >= 15 is 0 Å². The van der Waals surface area contributed by atoms with E-state index < -0.39 is 0 Å². The molecule has 0 aliphatic carbocycles. The van der Waals surface area contributed by atoms with Crippen LogP contribution < -0.4 is 11.1 Å². The molecule has 0 bridgehead atoms. The Labute approximate surface area is 109 Å². The van der Waals surface area contributed by atoms with E-state index in [2.05, 4.69) is 24.3 Å². The first-order chi connectivity index (χ1) is 8.43. The van der Waals surface area contributed by atoms with Gasteiger partial charge in [0.25, 0.3) is 0 Å². The maximum atomic E-state index is 10.6. The van der Waals surface area contributed by atoms with E-state index in [-0.39, 0.29) is 11.9 Å². The van der Waals surface area contributed by atoms with Crippen molar-refractivity contribution in [2.24, 2.45) is 12.8 Å². The van der Waals surface area contributed by atoms with Gasteiger partial charge in [0.1, 0.15) is 0 Å². The Morgan fingerprint density at radius 1 is 1.44 bits per heavy atom. The number of aryl methyl sites for hydroxylation is 2. The van der Waals surface area contributed by atoms with Crippen LogP contribution in [0.4, 0.5) is 0 Å². The van der Waals surface area contributed by atoms with Crippen LogP contribution >= 0.6 is 0 Å². The molecule has 1 aromatic rings. The average molecular weight is 252 g/mol. The fourth-order valence-corrected chi connectivity index (χ4v) is 2.26. The summed E-state index contributed by atoms with van der Waals surface area (Å²) in [4.78, 5) is 10.6. The van der Waals surface area contributed by atoms with Crippen molar-refractivity contribution in [3.63, 3.8) is 0 Å². The second kappa shape index (κ2) is 6.54. The van der Waals surface area contributed by atoms with Gasteiger partial charge in [0, 0.05) is 30.8 Å². The first-order valence-corrected chi connectivity index (χ1v) is 6.45. The first-order valence-electron chi connectivity index (χ1n) is 6.45. The average Bonchev–Trinajstić information content (AvgIpc) is 2.52. The van der Waals surface area contributed by atoms with Crippen LogP contribution in [0.2, 0.25) is 0 Å². The molecule has 0 spiro atoms. The zero-order valence-electron chi connectivity index (χ0n) is 11.8. The van der Waals surface area contributed by atoms with Crippen molar-refractivity contribution < 1.29 is 4.79 Å². The molecular weight excluding hydrogens is 228 g/mol. The summed E-state index contributed by atoms with van der Waals surface area (Å²) in [5, 5.41) is 7.88. The quantitative estimate of drug-likeness (QED) is 0.719. The first kappa shape index (κ1) is 14.7. The van der Waals surface area contributed by atoms with Crippen molar-refractivity contribution in [3.8, 4) is 0 Å². The number of rotatable bonds is 7. The molecule has 102 valence electrons.